The van der Waals surface area contributed by atoms with Crippen LogP contribution in [0.3, 0.4) is 0 Å². The first kappa shape index (κ1) is 69.2. The van der Waals surface area contributed by atoms with E-state index >= 15 is 0 Å². The molecule has 0 bridgehead atoms. The molecule has 0 aliphatic carbocycles. The number of hydrogen-bond donors (Lipinski definition) is 0. The number of amides is 2. The van der Waals surface area contributed by atoms with E-state index < -0.39 is 95.1 Å². The van der Waals surface area contributed by atoms with Crippen LogP contribution in [-0.2, 0) is 81.0 Å². The van der Waals surface area contributed by atoms with E-state index in [2.05, 4.69) is 6.92 Å². The fourth-order valence-electron chi connectivity index (χ4n) is 9.74. The molecule has 0 saturated carbocycles. The van der Waals surface area contributed by atoms with Crippen LogP contribution < -0.4 is 93.6 Å². The molecule has 0 N–H and O–H groups in total. The molecule has 4 aromatic carbocycles. The van der Waals surface area contributed by atoms with Crippen LogP contribution in [0.1, 0.15) is 77.3 Å². The number of hydrogen-bond acceptors (Lipinski definition) is 19. The maximum absolute atomic E-state index is 14.1. The Balaban J connectivity index is 0.00000221. The Kier molecular flexibility index (Phi) is 23.9. The van der Waals surface area contributed by atoms with E-state index in [4.69, 9.17) is 17.5 Å². The molecule has 30 heteroatoms. The van der Waals surface area contributed by atoms with Crippen molar-refractivity contribution in [2.45, 2.75) is 91.7 Å². The van der Waals surface area contributed by atoms with Gasteiger partial charge in [-0.3, -0.25) is 9.59 Å². The summed E-state index contributed by atoms with van der Waals surface area (Å²) in [7, 11) is -20.9. The van der Waals surface area contributed by atoms with E-state index in [1.165, 1.54) is 19.2 Å². The molecular weight excluding hydrogens is 1150 g/mol. The van der Waals surface area contributed by atoms with Crippen LogP contribution in [0, 0.1) is 6.92 Å². The van der Waals surface area contributed by atoms with E-state index in [0.717, 1.165) is 15.9 Å². The van der Waals surface area contributed by atoms with Gasteiger partial charge in [-0.15, -0.1) is 24.1 Å². The molecule has 22 nitrogen and oxygen atoms in total. The SMILES string of the molecule is O=S(=O)=O.[CH2-]CC[N+]1=C(C=CC=CC=C2N(CCCS(=O)(=O)[O-])c3ccc4c(S(=O)(=O)N(C)CCCC(=O)ON5C(=O)CCC5=O)cccc4c3C2(C)C)C(C)(C)c2c1ccc1c(S(=O)(=O)[O-])cc(S(=O)(=O)[O-])cc21.[Na+].[Na+].[Na+]. The van der Waals surface area contributed by atoms with Crippen LogP contribution in [0.2, 0.25) is 0 Å². The smallest absolute Gasteiger partial charge is 0.748 e. The van der Waals surface area contributed by atoms with Gasteiger partial charge in [0.25, 0.3) is 11.8 Å². The predicted octanol–water partition coefficient (Wildman–Crippen LogP) is -4.85. The third-order valence-corrected chi connectivity index (χ3v) is 17.3. The molecule has 0 atom stereocenters. The van der Waals surface area contributed by atoms with Crippen molar-refractivity contribution in [3.05, 3.63) is 109 Å². The van der Waals surface area contributed by atoms with Gasteiger partial charge < -0.3 is 30.3 Å². The molecule has 1 saturated heterocycles. The van der Waals surface area contributed by atoms with Gasteiger partial charge in [0, 0.05) is 90.4 Å². The summed E-state index contributed by atoms with van der Waals surface area (Å²) in [5.74, 6) is -2.75. The standard InChI is InChI=1S/C48H54N4O15S4.3Na.O3S/c1-7-25-50-37-22-20-33-35(29-31(70(61,62)63)30-39(33)71(64,65)66)46(37)48(4,5)40(50)16-9-8-10-17-41-47(2,3)45-34-14-11-15-38(32(34)19-21-36(45)51(41)27-13-28-68(56,57)58)69(59,60)49(6)26-12-18-44(55)67-52-42(53)23-24-43(52)54;;;;1-4(2)3/h8-11,14-17,19-22,29-30H,1,7,12-13,18,23-28H2,2-6H3,(H,56,57,58)(H,61,62,63)(H,64,65,66);;;;/q;3*+1;/p-3. The van der Waals surface area contributed by atoms with Crippen molar-refractivity contribution in [2.24, 2.45) is 0 Å². The van der Waals surface area contributed by atoms with Crippen molar-refractivity contribution in [3.63, 3.8) is 0 Å². The van der Waals surface area contributed by atoms with Crippen LogP contribution in [-0.4, -0.2) is 130 Å². The zero-order chi connectivity index (χ0) is 55.8. The molecule has 3 aliphatic heterocycles. The molecule has 3 heterocycles. The number of anilines is 1. The second-order valence-corrected chi connectivity index (χ2v) is 25.3. The van der Waals surface area contributed by atoms with Crippen molar-refractivity contribution in [1.29, 1.82) is 0 Å². The number of imide groups is 1. The summed E-state index contributed by atoms with van der Waals surface area (Å²) in [5.41, 5.74) is 2.11. The number of rotatable bonds is 18. The molecule has 1 fully saturated rings. The van der Waals surface area contributed by atoms with Crippen LogP contribution in [0.5, 0.6) is 0 Å². The maximum Gasteiger partial charge on any atom is 1.00 e. The normalized spacial score (nSPS) is 16.6. The summed E-state index contributed by atoms with van der Waals surface area (Å²) in [4.78, 5) is 41.2. The molecule has 78 heavy (non-hydrogen) atoms. The van der Waals surface area contributed by atoms with Gasteiger partial charge in [-0.2, -0.15) is 4.58 Å². The fourth-order valence-corrected chi connectivity index (χ4v) is 13.0. The minimum Gasteiger partial charge on any atom is -0.748 e. The summed E-state index contributed by atoms with van der Waals surface area (Å²) < 4.78 is 166. The molecule has 4 aromatic rings. The number of sulfonamides is 1. The molecule has 404 valence electrons. The Morgan fingerprint density at radius 3 is 1.95 bits per heavy atom. The quantitative estimate of drug-likeness (QED) is 0.0225. The number of benzene rings is 4. The minimum atomic E-state index is -5.21. The molecule has 3 aliphatic rings. The van der Waals surface area contributed by atoms with Gasteiger partial charge in [0.2, 0.25) is 15.7 Å². The average Bonchev–Trinajstić information content (AvgIpc) is 3.81. The van der Waals surface area contributed by atoms with Crippen LogP contribution in [0.25, 0.3) is 21.5 Å². The minimum absolute atomic E-state index is 0. The number of carbonyl (C=O) groups is 3. The van der Waals surface area contributed by atoms with Crippen LogP contribution >= 0.6 is 0 Å². The number of nitrogens with zero attached hydrogens (tertiary/aromatic N) is 4. The molecule has 7 rings (SSSR count). The molecule has 0 unspecified atom stereocenters. The first-order valence-electron chi connectivity index (χ1n) is 22.8. The summed E-state index contributed by atoms with van der Waals surface area (Å²) in [6, 6.07) is 13.0. The van der Waals surface area contributed by atoms with Crippen molar-refractivity contribution in [3.8, 4) is 0 Å². The van der Waals surface area contributed by atoms with Crippen molar-refractivity contribution >= 4 is 107 Å². The van der Waals surface area contributed by atoms with Crippen molar-refractivity contribution in [2.75, 3.05) is 37.3 Å². The topological polar surface area (TPSA) is 330 Å². The van der Waals surface area contributed by atoms with Gasteiger partial charge in [0.1, 0.15) is 26.8 Å². The van der Waals surface area contributed by atoms with Crippen LogP contribution in [0.4, 0.5) is 11.4 Å². The summed E-state index contributed by atoms with van der Waals surface area (Å²) in [6.07, 6.45) is 8.93. The van der Waals surface area contributed by atoms with E-state index in [-0.39, 0.29) is 150 Å². The molecule has 0 spiro atoms. The monoisotopic (exact) mass is 1200 g/mol. The molecule has 2 amide bonds. The summed E-state index contributed by atoms with van der Waals surface area (Å²) in [5, 5.41) is 1.50. The fraction of sp³-hybridized carbons (Fsp3) is 0.354. The molecule has 0 radical (unpaired) electrons. The summed E-state index contributed by atoms with van der Waals surface area (Å²) in [6.45, 7) is 11.9. The second-order valence-electron chi connectivity index (χ2n) is 18.6. The Bertz CT molecular complexity index is 3750. The Labute approximate surface area is 521 Å². The molecule has 0 aromatic heterocycles. The van der Waals surface area contributed by atoms with Gasteiger partial charge >= 0.3 is 105 Å². The number of allylic oxidation sites excluding steroid dienone is 6. The van der Waals surface area contributed by atoms with E-state index in [0.29, 0.717) is 63.2 Å². The van der Waals surface area contributed by atoms with Gasteiger partial charge in [-0.25, -0.2) is 42.8 Å². The maximum atomic E-state index is 14.1. The van der Waals surface area contributed by atoms with Gasteiger partial charge in [0.15, 0.2) is 5.71 Å². The van der Waals surface area contributed by atoms with E-state index in [1.54, 1.807) is 48.6 Å². The van der Waals surface area contributed by atoms with E-state index in [1.807, 2.05) is 49.3 Å². The third kappa shape index (κ3) is 15.1. The number of hydroxylamine groups is 2. The Hall–Kier alpha value is -3.04. The predicted molar refractivity (Wildman–Crippen MR) is 268 cm³/mol. The number of carbonyl (C=O) groups excluding carboxylic acids is 3. The van der Waals surface area contributed by atoms with E-state index in [9.17, 15) is 61.7 Å². The van der Waals surface area contributed by atoms with Gasteiger partial charge in [0.05, 0.1) is 30.2 Å². The summed E-state index contributed by atoms with van der Waals surface area (Å²) >= 11 is 0. The second kappa shape index (κ2) is 26.9. The van der Waals surface area contributed by atoms with Gasteiger partial charge in [-0.05, 0) is 79.4 Å². The molecular formula is C48H51N4Na3O18S5. The van der Waals surface area contributed by atoms with Crippen molar-refractivity contribution in [1.82, 2.24) is 9.37 Å². The Morgan fingerprint density at radius 2 is 1.37 bits per heavy atom. The zero-order valence-corrected chi connectivity index (χ0v) is 54.1. The van der Waals surface area contributed by atoms with Crippen molar-refractivity contribution < 1.29 is 172 Å². The van der Waals surface area contributed by atoms with Gasteiger partial charge in [-0.1, -0.05) is 50.3 Å². The average molecular weight is 1200 g/mol. The zero-order valence-electron chi connectivity index (χ0n) is 44.0. The Morgan fingerprint density at radius 1 is 0.769 bits per heavy atom. The largest absolute Gasteiger partial charge is 1.00 e. The third-order valence-electron chi connectivity index (χ3n) is 12.9. The first-order valence-corrected chi connectivity index (χ1v) is 29.7. The number of fused-ring (bicyclic) bond motifs is 6. The first-order chi connectivity index (χ1) is 34.7. The van der Waals surface area contributed by atoms with Crippen LogP contribution in [0.15, 0.2) is 105 Å².